The maximum Gasteiger partial charge on any atom is 0.191 e. The molecule has 1 aromatic rings. The first-order valence-corrected chi connectivity index (χ1v) is 10.1. The molecule has 0 spiro atoms. The van der Waals surface area contributed by atoms with Crippen LogP contribution in [0.25, 0.3) is 0 Å². The number of benzene rings is 1. The molecule has 1 aliphatic heterocycles. The molecule has 1 atom stereocenters. The van der Waals surface area contributed by atoms with Gasteiger partial charge in [-0.25, -0.2) is 0 Å². The molecule has 28 heavy (non-hydrogen) atoms. The van der Waals surface area contributed by atoms with Crippen molar-refractivity contribution in [1.29, 1.82) is 0 Å². The summed E-state index contributed by atoms with van der Waals surface area (Å²) >= 11 is 0. The molecule has 0 bridgehead atoms. The topological polar surface area (TPSA) is 64.1 Å². The maximum atomic E-state index is 5.81. The Morgan fingerprint density at radius 2 is 1.96 bits per heavy atom. The second-order valence-corrected chi connectivity index (χ2v) is 6.77. The standard InChI is InChI=1S/C21H35N3O3.HI/c1-3-22-21(24-16-20(25-2)19-8-5-4-6-9-19)23-12-7-13-27-17-18-10-14-26-15-11-18;/h4-6,8-9,18,20H,3,7,10-17H2,1-2H3,(H2,22,23,24);1H. The van der Waals surface area contributed by atoms with Crippen LogP contribution >= 0.6 is 24.0 Å². The Morgan fingerprint density at radius 1 is 1.21 bits per heavy atom. The van der Waals surface area contributed by atoms with E-state index >= 15 is 0 Å². The van der Waals surface area contributed by atoms with Crippen molar-refractivity contribution >= 4 is 29.9 Å². The van der Waals surface area contributed by atoms with Crippen LogP contribution in [0, 0.1) is 5.92 Å². The van der Waals surface area contributed by atoms with Crippen LogP contribution in [0.1, 0.15) is 37.9 Å². The average Bonchev–Trinajstić information content (AvgIpc) is 2.72. The van der Waals surface area contributed by atoms with E-state index < -0.39 is 0 Å². The molecule has 1 heterocycles. The summed E-state index contributed by atoms with van der Waals surface area (Å²) in [5, 5.41) is 6.66. The number of aliphatic imine (C=N–C) groups is 1. The van der Waals surface area contributed by atoms with Crippen molar-refractivity contribution in [3.05, 3.63) is 35.9 Å². The van der Waals surface area contributed by atoms with Crippen molar-refractivity contribution in [2.75, 3.05) is 53.2 Å². The summed E-state index contributed by atoms with van der Waals surface area (Å²) in [6.45, 7) is 7.69. The summed E-state index contributed by atoms with van der Waals surface area (Å²) in [7, 11) is 1.73. The predicted molar refractivity (Wildman–Crippen MR) is 125 cm³/mol. The van der Waals surface area contributed by atoms with Crippen LogP contribution in [-0.4, -0.2) is 59.1 Å². The van der Waals surface area contributed by atoms with E-state index in [4.69, 9.17) is 14.2 Å². The Balaban J connectivity index is 0.00000392. The third kappa shape index (κ3) is 10.0. The molecule has 2 N–H and O–H groups in total. The highest BCUT2D eigenvalue weighted by Gasteiger charge is 2.13. The van der Waals surface area contributed by atoms with E-state index in [9.17, 15) is 0 Å². The zero-order valence-corrected chi connectivity index (χ0v) is 19.5. The van der Waals surface area contributed by atoms with Gasteiger partial charge in [-0.2, -0.15) is 0 Å². The van der Waals surface area contributed by atoms with Crippen molar-refractivity contribution in [3.8, 4) is 0 Å². The first-order valence-electron chi connectivity index (χ1n) is 10.1. The Bertz CT molecular complexity index is 525. The Kier molecular flexibility index (Phi) is 14.3. The molecular weight excluding hydrogens is 469 g/mol. The second kappa shape index (κ2) is 16.0. The number of nitrogens with one attached hydrogen (secondary N) is 2. The van der Waals surface area contributed by atoms with Gasteiger partial charge in [0.05, 0.1) is 6.54 Å². The van der Waals surface area contributed by atoms with Crippen LogP contribution in [0.15, 0.2) is 35.3 Å². The van der Waals surface area contributed by atoms with Gasteiger partial charge in [0.15, 0.2) is 5.96 Å². The molecule has 6 nitrogen and oxygen atoms in total. The Morgan fingerprint density at radius 3 is 2.64 bits per heavy atom. The zero-order valence-electron chi connectivity index (χ0n) is 17.2. The lowest BCUT2D eigenvalue weighted by molar-refractivity contribution is 0.0203. The fraction of sp³-hybridized carbons (Fsp3) is 0.667. The summed E-state index contributed by atoms with van der Waals surface area (Å²) in [5.74, 6) is 1.48. The van der Waals surface area contributed by atoms with Crippen LogP contribution in [0.3, 0.4) is 0 Å². The predicted octanol–water partition coefficient (Wildman–Crippen LogP) is 3.38. The van der Waals surface area contributed by atoms with Gasteiger partial charge in [-0.1, -0.05) is 30.3 Å². The minimum absolute atomic E-state index is 0. The minimum Gasteiger partial charge on any atom is -0.381 e. The quantitative estimate of drug-likeness (QED) is 0.209. The van der Waals surface area contributed by atoms with Gasteiger partial charge in [0.1, 0.15) is 6.10 Å². The summed E-state index contributed by atoms with van der Waals surface area (Å²) < 4.78 is 16.8. The monoisotopic (exact) mass is 505 g/mol. The largest absolute Gasteiger partial charge is 0.381 e. The highest BCUT2D eigenvalue weighted by atomic mass is 127. The lowest BCUT2D eigenvalue weighted by Crippen LogP contribution is -2.38. The summed E-state index contributed by atoms with van der Waals surface area (Å²) in [6, 6.07) is 10.2. The van der Waals surface area contributed by atoms with Crippen molar-refractivity contribution in [1.82, 2.24) is 10.6 Å². The van der Waals surface area contributed by atoms with Crippen molar-refractivity contribution in [2.45, 2.75) is 32.3 Å². The average molecular weight is 505 g/mol. The van der Waals surface area contributed by atoms with Crippen LogP contribution < -0.4 is 10.6 Å². The van der Waals surface area contributed by atoms with Gasteiger partial charge in [-0.15, -0.1) is 24.0 Å². The van der Waals surface area contributed by atoms with E-state index in [0.29, 0.717) is 12.5 Å². The van der Waals surface area contributed by atoms with E-state index in [1.54, 1.807) is 7.11 Å². The van der Waals surface area contributed by atoms with Gasteiger partial charge in [-0.05, 0) is 37.7 Å². The number of methoxy groups -OCH3 is 1. The number of ether oxygens (including phenoxy) is 3. The van der Waals surface area contributed by atoms with E-state index in [1.807, 2.05) is 18.2 Å². The number of hydrogen-bond acceptors (Lipinski definition) is 4. The lowest BCUT2D eigenvalue weighted by atomic mass is 10.0. The zero-order chi connectivity index (χ0) is 19.2. The lowest BCUT2D eigenvalue weighted by Gasteiger charge is -2.21. The fourth-order valence-corrected chi connectivity index (χ4v) is 3.04. The number of nitrogens with zero attached hydrogens (tertiary/aromatic N) is 1. The van der Waals surface area contributed by atoms with E-state index in [2.05, 4.69) is 34.7 Å². The Hall–Kier alpha value is -0.900. The van der Waals surface area contributed by atoms with Crippen molar-refractivity contribution in [2.24, 2.45) is 10.9 Å². The molecule has 1 saturated heterocycles. The highest BCUT2D eigenvalue weighted by molar-refractivity contribution is 14.0. The van der Waals surface area contributed by atoms with Crippen LogP contribution in [0.4, 0.5) is 0 Å². The fourth-order valence-electron chi connectivity index (χ4n) is 3.04. The summed E-state index contributed by atoms with van der Waals surface area (Å²) in [4.78, 5) is 4.67. The Labute approximate surface area is 186 Å². The minimum atomic E-state index is -0.0375. The molecule has 1 fully saturated rings. The second-order valence-electron chi connectivity index (χ2n) is 6.77. The van der Waals surface area contributed by atoms with Gasteiger partial charge in [0.2, 0.25) is 0 Å². The van der Waals surface area contributed by atoms with E-state index in [1.165, 1.54) is 0 Å². The van der Waals surface area contributed by atoms with Crippen LogP contribution in [0.5, 0.6) is 0 Å². The van der Waals surface area contributed by atoms with Gasteiger partial charge in [0, 0.05) is 46.6 Å². The van der Waals surface area contributed by atoms with Crippen molar-refractivity contribution < 1.29 is 14.2 Å². The molecule has 1 aromatic carbocycles. The number of halogens is 1. The molecule has 160 valence electrons. The van der Waals surface area contributed by atoms with E-state index in [-0.39, 0.29) is 30.1 Å². The molecule has 7 heteroatoms. The molecular formula is C21H36IN3O3. The third-order valence-electron chi connectivity index (χ3n) is 4.67. The molecule has 1 aliphatic rings. The summed E-state index contributed by atoms with van der Waals surface area (Å²) in [6.07, 6.45) is 3.17. The van der Waals surface area contributed by atoms with Gasteiger partial charge >= 0.3 is 0 Å². The van der Waals surface area contributed by atoms with Gasteiger partial charge in [0.25, 0.3) is 0 Å². The summed E-state index contributed by atoms with van der Waals surface area (Å²) in [5.41, 5.74) is 1.14. The molecule has 1 unspecified atom stereocenters. The SMILES string of the molecule is CCNC(=NCC(OC)c1ccccc1)NCCCOCC1CCOCC1.I. The molecule has 0 aliphatic carbocycles. The molecule has 0 aromatic heterocycles. The van der Waals surface area contributed by atoms with E-state index in [0.717, 1.165) is 70.3 Å². The number of guanidine groups is 1. The van der Waals surface area contributed by atoms with Gasteiger partial charge in [-0.3, -0.25) is 4.99 Å². The first kappa shape index (κ1) is 25.1. The van der Waals surface area contributed by atoms with Gasteiger partial charge < -0.3 is 24.8 Å². The smallest absolute Gasteiger partial charge is 0.191 e. The normalized spacial score (nSPS) is 16.3. The first-order chi connectivity index (χ1) is 13.3. The highest BCUT2D eigenvalue weighted by Crippen LogP contribution is 2.16. The number of rotatable bonds is 11. The third-order valence-corrected chi connectivity index (χ3v) is 4.67. The maximum absolute atomic E-state index is 5.81. The molecule has 2 rings (SSSR count). The molecule has 0 amide bonds. The number of hydrogen-bond donors (Lipinski definition) is 2. The van der Waals surface area contributed by atoms with Crippen LogP contribution in [0.2, 0.25) is 0 Å². The van der Waals surface area contributed by atoms with Crippen LogP contribution in [-0.2, 0) is 14.2 Å². The molecule has 0 radical (unpaired) electrons. The molecule has 0 saturated carbocycles. The van der Waals surface area contributed by atoms with Crippen molar-refractivity contribution in [3.63, 3.8) is 0 Å².